The molecule has 0 aromatic carbocycles. The Balaban J connectivity index is 2.16. The smallest absolute Gasteiger partial charge is 0.0587 e. The van der Waals surface area contributed by atoms with Gasteiger partial charge in [-0.1, -0.05) is 0 Å². The van der Waals surface area contributed by atoms with Gasteiger partial charge in [0.1, 0.15) is 0 Å². The summed E-state index contributed by atoms with van der Waals surface area (Å²) in [4.78, 5) is 2.03. The van der Waals surface area contributed by atoms with Gasteiger partial charge in [0.25, 0.3) is 0 Å². The molecule has 0 amide bonds. The Labute approximate surface area is 43.7 Å². The number of hydrogen-bond acceptors (Lipinski definition) is 2. The molecule has 1 rings (SSSR count). The molecule has 1 heterocycles. The van der Waals surface area contributed by atoms with Crippen molar-refractivity contribution in [3.63, 3.8) is 0 Å². The van der Waals surface area contributed by atoms with E-state index >= 15 is 0 Å². The lowest BCUT2D eigenvalue weighted by molar-refractivity contribution is 0.107. The highest BCUT2D eigenvalue weighted by Crippen LogP contribution is 2.17. The highest BCUT2D eigenvalue weighted by atomic mass is 16.3. The van der Waals surface area contributed by atoms with Crippen molar-refractivity contribution in [1.29, 1.82) is 0 Å². The van der Waals surface area contributed by atoms with E-state index in [1.807, 2.05) is 11.9 Å². The summed E-state index contributed by atoms with van der Waals surface area (Å²) in [6.07, 6.45) is 1.05. The van der Waals surface area contributed by atoms with Crippen molar-refractivity contribution in [1.82, 2.24) is 4.90 Å². The van der Waals surface area contributed by atoms with Gasteiger partial charge in [0.05, 0.1) is 6.61 Å². The lowest BCUT2D eigenvalue weighted by atomic mass is 10.1. The minimum absolute atomic E-state index is 0.299. The molecule has 2 heteroatoms. The van der Waals surface area contributed by atoms with Crippen LogP contribution in [0.3, 0.4) is 0 Å². The van der Waals surface area contributed by atoms with Crippen molar-refractivity contribution in [2.24, 2.45) is 0 Å². The molecule has 1 saturated heterocycles. The molecule has 0 bridgehead atoms. The molecular weight excluding hydrogens is 90.1 g/mol. The van der Waals surface area contributed by atoms with Crippen LogP contribution in [0, 0.1) is 6.54 Å². The van der Waals surface area contributed by atoms with E-state index in [0.29, 0.717) is 12.6 Å². The molecule has 0 aliphatic carbocycles. The number of likely N-dealkylation sites (tertiary alicyclic amines) is 1. The van der Waals surface area contributed by atoms with Crippen LogP contribution >= 0.6 is 0 Å². The zero-order valence-corrected chi connectivity index (χ0v) is 4.46. The first kappa shape index (κ1) is 5.06. The monoisotopic (exact) mass is 100 g/mol. The topological polar surface area (TPSA) is 23.5 Å². The molecule has 1 aliphatic rings. The number of rotatable bonds is 1. The molecule has 0 spiro atoms. The van der Waals surface area contributed by atoms with Gasteiger partial charge in [-0.3, -0.25) is 4.90 Å². The van der Waals surface area contributed by atoms with Gasteiger partial charge in [-0.05, 0) is 13.5 Å². The minimum Gasteiger partial charge on any atom is -0.395 e. The molecule has 7 heavy (non-hydrogen) atoms. The first-order valence-electron chi connectivity index (χ1n) is 2.50. The Morgan fingerprint density at radius 2 is 2.71 bits per heavy atom. The summed E-state index contributed by atoms with van der Waals surface area (Å²) in [6, 6.07) is 0.417. The van der Waals surface area contributed by atoms with Gasteiger partial charge >= 0.3 is 0 Å². The SMILES string of the molecule is CN1[CH]CC1CO. The number of aliphatic hydroxyl groups excluding tert-OH is 1. The van der Waals surface area contributed by atoms with Crippen LogP contribution in [0.4, 0.5) is 0 Å². The Morgan fingerprint density at radius 1 is 2.00 bits per heavy atom. The predicted molar refractivity (Wildman–Crippen MR) is 27.6 cm³/mol. The molecule has 1 fully saturated rings. The molecule has 2 nitrogen and oxygen atoms in total. The second-order valence-electron chi connectivity index (χ2n) is 1.92. The Morgan fingerprint density at radius 3 is 2.71 bits per heavy atom. The summed E-state index contributed by atoms with van der Waals surface area (Å²) in [5.41, 5.74) is 0. The van der Waals surface area contributed by atoms with Gasteiger partial charge in [0.15, 0.2) is 0 Å². The van der Waals surface area contributed by atoms with Crippen molar-refractivity contribution in [3.05, 3.63) is 6.54 Å². The van der Waals surface area contributed by atoms with Crippen LogP contribution in [0.15, 0.2) is 0 Å². The first-order valence-corrected chi connectivity index (χ1v) is 2.50. The van der Waals surface area contributed by atoms with Crippen LogP contribution in [0.2, 0.25) is 0 Å². The van der Waals surface area contributed by atoms with Crippen LogP contribution in [0.5, 0.6) is 0 Å². The summed E-state index contributed by atoms with van der Waals surface area (Å²) in [6.45, 7) is 2.37. The minimum atomic E-state index is 0.299. The van der Waals surface area contributed by atoms with E-state index in [2.05, 4.69) is 6.54 Å². The summed E-state index contributed by atoms with van der Waals surface area (Å²) in [5.74, 6) is 0. The average molecular weight is 100 g/mol. The Kier molecular flexibility index (Phi) is 1.30. The zero-order valence-electron chi connectivity index (χ0n) is 4.46. The fourth-order valence-corrected chi connectivity index (χ4v) is 0.669. The fourth-order valence-electron chi connectivity index (χ4n) is 0.669. The van der Waals surface area contributed by atoms with E-state index in [4.69, 9.17) is 5.11 Å². The Hall–Kier alpha value is -0.0800. The van der Waals surface area contributed by atoms with Gasteiger partial charge in [-0.15, -0.1) is 0 Å². The Bertz CT molecular complexity index is 63.1. The average Bonchev–Trinajstić information content (AvgIpc) is 1.65. The van der Waals surface area contributed by atoms with E-state index in [9.17, 15) is 0 Å². The molecule has 0 aromatic heterocycles. The second kappa shape index (κ2) is 1.80. The van der Waals surface area contributed by atoms with Crippen LogP contribution < -0.4 is 0 Å². The number of aliphatic hydroxyl groups is 1. The lowest BCUT2D eigenvalue weighted by Gasteiger charge is -2.35. The largest absolute Gasteiger partial charge is 0.395 e. The summed E-state index contributed by atoms with van der Waals surface area (Å²) >= 11 is 0. The number of likely N-dealkylation sites (N-methyl/N-ethyl adjacent to an activating group) is 1. The van der Waals surface area contributed by atoms with Crippen molar-refractivity contribution in [2.75, 3.05) is 13.7 Å². The van der Waals surface area contributed by atoms with Gasteiger partial charge in [0, 0.05) is 12.6 Å². The highest BCUT2D eigenvalue weighted by Gasteiger charge is 2.22. The van der Waals surface area contributed by atoms with E-state index in [1.54, 1.807) is 0 Å². The maximum atomic E-state index is 8.49. The number of hydrogen-bond donors (Lipinski definition) is 1. The first-order chi connectivity index (χ1) is 3.34. The van der Waals surface area contributed by atoms with Crippen LogP contribution in [-0.4, -0.2) is 29.7 Å². The third-order valence-corrected chi connectivity index (χ3v) is 1.45. The summed E-state index contributed by atoms with van der Waals surface area (Å²) < 4.78 is 0. The maximum absolute atomic E-state index is 8.49. The molecule has 41 valence electrons. The maximum Gasteiger partial charge on any atom is 0.0587 e. The van der Waals surface area contributed by atoms with E-state index < -0.39 is 0 Å². The molecule has 0 saturated carbocycles. The van der Waals surface area contributed by atoms with Crippen molar-refractivity contribution in [2.45, 2.75) is 12.5 Å². The van der Waals surface area contributed by atoms with Gasteiger partial charge in [-0.25, -0.2) is 0 Å². The molecule has 1 radical (unpaired) electrons. The number of nitrogens with zero attached hydrogens (tertiary/aromatic N) is 1. The van der Waals surface area contributed by atoms with Crippen LogP contribution in [0.1, 0.15) is 6.42 Å². The third kappa shape index (κ3) is 0.763. The standard InChI is InChI=1S/C5H10NO/c1-6-3-2-5(6)4-7/h3,5,7H,2,4H2,1H3. The quantitative estimate of drug-likeness (QED) is 0.495. The molecular formula is C5H10NO. The van der Waals surface area contributed by atoms with Crippen molar-refractivity contribution in [3.8, 4) is 0 Å². The summed E-state index contributed by atoms with van der Waals surface area (Å²) in [5, 5.41) is 8.49. The van der Waals surface area contributed by atoms with Crippen molar-refractivity contribution >= 4 is 0 Å². The van der Waals surface area contributed by atoms with Crippen LogP contribution in [-0.2, 0) is 0 Å². The van der Waals surface area contributed by atoms with E-state index in [1.165, 1.54) is 0 Å². The zero-order chi connectivity index (χ0) is 5.28. The molecule has 1 unspecified atom stereocenters. The molecule has 1 aliphatic heterocycles. The molecule has 1 N–H and O–H groups in total. The van der Waals surface area contributed by atoms with E-state index in [0.717, 1.165) is 6.42 Å². The van der Waals surface area contributed by atoms with Gasteiger partial charge in [-0.2, -0.15) is 0 Å². The fraction of sp³-hybridized carbons (Fsp3) is 0.800. The highest BCUT2D eigenvalue weighted by molar-refractivity contribution is 4.88. The third-order valence-electron chi connectivity index (χ3n) is 1.45. The van der Waals surface area contributed by atoms with Gasteiger partial charge in [0.2, 0.25) is 0 Å². The van der Waals surface area contributed by atoms with Crippen LogP contribution in [0.25, 0.3) is 0 Å². The second-order valence-corrected chi connectivity index (χ2v) is 1.92. The van der Waals surface area contributed by atoms with E-state index in [-0.39, 0.29) is 0 Å². The van der Waals surface area contributed by atoms with Crippen molar-refractivity contribution < 1.29 is 5.11 Å². The summed E-state index contributed by atoms with van der Waals surface area (Å²) in [7, 11) is 1.98. The lowest BCUT2D eigenvalue weighted by Crippen LogP contribution is -2.42. The van der Waals surface area contributed by atoms with Gasteiger partial charge < -0.3 is 5.11 Å². The molecule has 0 aromatic rings. The predicted octanol–water partition coefficient (Wildman–Crippen LogP) is -0.155. The molecule has 1 atom stereocenters. The normalized spacial score (nSPS) is 32.6.